The number of fused-ring (bicyclic) bond motifs is 2. The lowest BCUT2D eigenvalue weighted by Crippen LogP contribution is -2.60. The molecule has 0 amide bonds. The van der Waals surface area contributed by atoms with Crippen LogP contribution >= 0.6 is 0 Å². The summed E-state index contributed by atoms with van der Waals surface area (Å²) in [4.78, 5) is 15.4. The van der Waals surface area contributed by atoms with Crippen LogP contribution in [0.2, 0.25) is 0 Å². The van der Waals surface area contributed by atoms with Crippen LogP contribution in [0.1, 0.15) is 0 Å². The standard InChI is InChI=1S/C25H23N3O8/c29-12-20-22(30)23(31)24(32)25(36-20)35-15-8-5-13(6-9-15)26-21-16-3-1-2-4-18(16)27-19-11-14(28(33)34)7-10-17(19)21/h1-11,20,22-25,29-32H,12H2,(H,26,27)/t20-,22-,23+,24-,25-/m0/s1. The second-order valence-electron chi connectivity index (χ2n) is 8.43. The number of ether oxygens (including phenoxy) is 2. The van der Waals surface area contributed by atoms with Gasteiger partial charge in [-0.3, -0.25) is 10.1 Å². The van der Waals surface area contributed by atoms with E-state index in [4.69, 9.17) is 9.47 Å². The van der Waals surface area contributed by atoms with Crippen LogP contribution in [0.25, 0.3) is 21.8 Å². The third-order valence-electron chi connectivity index (χ3n) is 6.10. The van der Waals surface area contributed by atoms with Gasteiger partial charge < -0.3 is 35.2 Å². The van der Waals surface area contributed by atoms with Gasteiger partial charge in [0.15, 0.2) is 0 Å². The van der Waals surface area contributed by atoms with Gasteiger partial charge in [0.25, 0.3) is 5.69 Å². The van der Waals surface area contributed by atoms with Gasteiger partial charge in [0.1, 0.15) is 30.2 Å². The first-order valence-corrected chi connectivity index (χ1v) is 11.2. The minimum Gasteiger partial charge on any atom is -0.462 e. The Bertz CT molecular complexity index is 1410. The zero-order valence-electron chi connectivity index (χ0n) is 18.8. The van der Waals surface area contributed by atoms with Gasteiger partial charge >= 0.3 is 0 Å². The van der Waals surface area contributed by atoms with Crippen molar-refractivity contribution in [3.05, 3.63) is 76.8 Å². The van der Waals surface area contributed by atoms with E-state index < -0.39 is 42.2 Å². The summed E-state index contributed by atoms with van der Waals surface area (Å²) in [6, 6.07) is 18.7. The van der Waals surface area contributed by atoms with Crippen molar-refractivity contribution in [1.82, 2.24) is 4.98 Å². The number of aliphatic hydroxyl groups is 4. The molecule has 1 aliphatic heterocycles. The molecular weight excluding hydrogens is 470 g/mol. The number of hydrogen-bond donors (Lipinski definition) is 5. The predicted molar refractivity (Wildman–Crippen MR) is 130 cm³/mol. The van der Waals surface area contributed by atoms with E-state index in [1.165, 1.54) is 12.1 Å². The number of rotatable bonds is 6. The molecule has 4 aromatic rings. The minimum absolute atomic E-state index is 0.0501. The molecule has 186 valence electrons. The number of nitrogens with one attached hydrogen (secondary N) is 1. The van der Waals surface area contributed by atoms with Crippen molar-refractivity contribution in [3.8, 4) is 5.75 Å². The fourth-order valence-electron chi connectivity index (χ4n) is 4.19. The van der Waals surface area contributed by atoms with Gasteiger partial charge in [-0.2, -0.15) is 0 Å². The van der Waals surface area contributed by atoms with Gasteiger partial charge in [0.05, 0.1) is 28.3 Å². The fourth-order valence-corrected chi connectivity index (χ4v) is 4.19. The van der Waals surface area contributed by atoms with Gasteiger partial charge in [-0.15, -0.1) is 0 Å². The number of nitro benzene ring substituents is 1. The highest BCUT2D eigenvalue weighted by atomic mass is 16.7. The molecule has 0 bridgehead atoms. The Hall–Kier alpha value is -3.87. The first-order valence-electron chi connectivity index (χ1n) is 11.2. The molecular formula is C25H23N3O8. The van der Waals surface area contributed by atoms with Crippen molar-refractivity contribution in [3.63, 3.8) is 0 Å². The van der Waals surface area contributed by atoms with Crippen LogP contribution in [-0.4, -0.2) is 67.6 Å². The first-order chi connectivity index (χ1) is 17.4. The molecule has 5 atom stereocenters. The highest BCUT2D eigenvalue weighted by Crippen LogP contribution is 2.35. The Morgan fingerprint density at radius 1 is 0.944 bits per heavy atom. The smallest absolute Gasteiger partial charge is 0.271 e. The number of benzene rings is 3. The lowest BCUT2D eigenvalue weighted by atomic mass is 9.99. The van der Waals surface area contributed by atoms with Crippen molar-refractivity contribution in [2.24, 2.45) is 0 Å². The maximum absolute atomic E-state index is 11.2. The number of nitrogens with zero attached hydrogens (tertiary/aromatic N) is 2. The number of aromatic nitrogens is 1. The highest BCUT2D eigenvalue weighted by molar-refractivity contribution is 6.09. The van der Waals surface area contributed by atoms with Crippen molar-refractivity contribution in [2.45, 2.75) is 30.7 Å². The molecule has 5 rings (SSSR count). The maximum Gasteiger partial charge on any atom is 0.271 e. The third-order valence-corrected chi connectivity index (χ3v) is 6.10. The molecule has 0 spiro atoms. The average molecular weight is 493 g/mol. The minimum atomic E-state index is -1.54. The molecule has 1 aliphatic rings. The van der Waals surface area contributed by atoms with Gasteiger partial charge in [0, 0.05) is 28.6 Å². The quantitative estimate of drug-likeness (QED) is 0.153. The van der Waals surface area contributed by atoms with Crippen LogP contribution in [0.15, 0.2) is 66.7 Å². The maximum atomic E-state index is 11.2. The van der Waals surface area contributed by atoms with E-state index in [1.807, 2.05) is 24.3 Å². The molecule has 3 aromatic carbocycles. The molecule has 0 unspecified atom stereocenters. The van der Waals surface area contributed by atoms with E-state index in [0.717, 1.165) is 11.1 Å². The van der Waals surface area contributed by atoms with Gasteiger partial charge in [-0.05, 0) is 36.4 Å². The third kappa shape index (κ3) is 4.41. The van der Waals surface area contributed by atoms with Crippen LogP contribution in [0, 0.1) is 10.1 Å². The van der Waals surface area contributed by atoms with Crippen molar-refractivity contribution >= 4 is 38.9 Å². The average Bonchev–Trinajstić information content (AvgIpc) is 2.89. The Kier molecular flexibility index (Phi) is 6.39. The van der Waals surface area contributed by atoms with Crippen molar-refractivity contribution in [2.75, 3.05) is 11.9 Å². The Balaban J connectivity index is 1.42. The molecule has 5 N–H and O–H groups in total. The second kappa shape index (κ2) is 9.64. The van der Waals surface area contributed by atoms with E-state index in [1.54, 1.807) is 30.3 Å². The van der Waals surface area contributed by atoms with Crippen molar-refractivity contribution < 1.29 is 34.8 Å². The number of non-ortho nitro benzene ring substituents is 1. The summed E-state index contributed by atoms with van der Waals surface area (Å²) < 4.78 is 11.0. The van der Waals surface area contributed by atoms with Crippen LogP contribution in [0.4, 0.5) is 17.1 Å². The summed E-state index contributed by atoms with van der Waals surface area (Å²) in [6.07, 6.45) is -6.88. The van der Waals surface area contributed by atoms with Gasteiger partial charge in [0.2, 0.25) is 6.29 Å². The summed E-state index contributed by atoms with van der Waals surface area (Å²) in [6.45, 7) is -0.551. The number of nitro groups is 1. The number of aliphatic hydroxyl groups excluding tert-OH is 4. The Morgan fingerprint density at radius 2 is 1.67 bits per heavy atom. The molecule has 36 heavy (non-hydrogen) atoms. The number of hydrogen-bond acceptors (Lipinski definition) is 10. The van der Waals surface area contributed by atoms with Crippen LogP contribution in [0.3, 0.4) is 0 Å². The van der Waals surface area contributed by atoms with Crippen LogP contribution in [0.5, 0.6) is 5.75 Å². The summed E-state index contributed by atoms with van der Waals surface area (Å²) in [5.74, 6) is 0.324. The van der Waals surface area contributed by atoms with Crippen LogP contribution < -0.4 is 10.1 Å². The molecule has 0 radical (unpaired) electrons. The normalized spacial score (nSPS) is 24.1. The van der Waals surface area contributed by atoms with E-state index in [0.29, 0.717) is 27.9 Å². The monoisotopic (exact) mass is 493 g/mol. The first kappa shape index (κ1) is 23.9. The molecule has 2 heterocycles. The largest absolute Gasteiger partial charge is 0.462 e. The number of anilines is 2. The van der Waals surface area contributed by atoms with Crippen LogP contribution in [-0.2, 0) is 4.74 Å². The lowest BCUT2D eigenvalue weighted by Gasteiger charge is -2.39. The second-order valence-corrected chi connectivity index (χ2v) is 8.43. The molecule has 11 nitrogen and oxygen atoms in total. The van der Waals surface area contributed by atoms with Crippen molar-refractivity contribution in [1.29, 1.82) is 0 Å². The molecule has 1 aromatic heterocycles. The predicted octanol–water partition coefficient (Wildman–Crippen LogP) is 2.22. The molecule has 1 saturated heterocycles. The molecule has 0 aliphatic carbocycles. The topological polar surface area (TPSA) is 167 Å². The number of pyridine rings is 1. The summed E-state index contributed by atoms with van der Waals surface area (Å²) in [5.41, 5.74) is 2.52. The molecule has 1 fully saturated rings. The van der Waals surface area contributed by atoms with Gasteiger partial charge in [-0.25, -0.2) is 4.98 Å². The summed E-state index contributed by atoms with van der Waals surface area (Å²) >= 11 is 0. The Morgan fingerprint density at radius 3 is 2.39 bits per heavy atom. The fraction of sp³-hybridized carbons (Fsp3) is 0.240. The zero-order chi connectivity index (χ0) is 25.4. The SMILES string of the molecule is O=[N+]([O-])c1ccc2c(Nc3ccc(O[C@H]4O[C@@H](CO)[C@H](O)[C@@H](O)[C@@H]4O)cc3)c3ccccc3nc2c1. The molecule has 0 saturated carbocycles. The van der Waals surface area contributed by atoms with Gasteiger partial charge in [-0.1, -0.05) is 18.2 Å². The summed E-state index contributed by atoms with van der Waals surface area (Å²) in [7, 11) is 0. The molecule has 11 heteroatoms. The van der Waals surface area contributed by atoms with E-state index >= 15 is 0 Å². The van der Waals surface area contributed by atoms with E-state index in [-0.39, 0.29) is 5.69 Å². The van der Waals surface area contributed by atoms with E-state index in [2.05, 4.69) is 10.3 Å². The highest BCUT2D eigenvalue weighted by Gasteiger charge is 2.44. The van der Waals surface area contributed by atoms with E-state index in [9.17, 15) is 30.5 Å². The summed E-state index contributed by atoms with van der Waals surface area (Å²) in [5, 5.41) is 55.5. The zero-order valence-corrected chi connectivity index (χ0v) is 18.8. The number of para-hydroxylation sites is 1. The lowest BCUT2D eigenvalue weighted by molar-refractivity contribution is -0.384. The Labute approximate surface area is 204 Å².